The van der Waals surface area contributed by atoms with Crippen LogP contribution in [0.15, 0.2) is 48.7 Å². The lowest BCUT2D eigenvalue weighted by Crippen LogP contribution is -2.48. The first-order valence-corrected chi connectivity index (χ1v) is 9.51. The van der Waals surface area contributed by atoms with Crippen molar-refractivity contribution in [3.63, 3.8) is 0 Å². The van der Waals surface area contributed by atoms with E-state index in [0.717, 1.165) is 36.5 Å². The van der Waals surface area contributed by atoms with E-state index in [4.69, 9.17) is 0 Å². The molecule has 28 heavy (non-hydrogen) atoms. The number of hydrogen-bond acceptors (Lipinski definition) is 5. The number of aliphatic carboxylic acids is 1. The number of rotatable bonds is 6. The number of hydrogen-bond donors (Lipinski definition) is 1. The van der Waals surface area contributed by atoms with E-state index in [9.17, 15) is 15.2 Å². The summed E-state index contributed by atoms with van der Waals surface area (Å²) < 4.78 is 0. The molecule has 0 amide bonds. The third kappa shape index (κ3) is 4.56. The zero-order valence-electron chi connectivity index (χ0n) is 16.4. The zero-order valence-corrected chi connectivity index (χ0v) is 16.4. The lowest BCUT2D eigenvalue weighted by atomic mass is 9.85. The van der Waals surface area contributed by atoms with E-state index in [1.807, 2.05) is 61.2 Å². The van der Waals surface area contributed by atoms with E-state index < -0.39 is 17.4 Å². The van der Waals surface area contributed by atoms with Crippen LogP contribution in [0.4, 0.5) is 0 Å². The molecule has 2 heterocycles. The maximum absolute atomic E-state index is 12.0. The smallest absolute Gasteiger partial charge is 0.325 e. The summed E-state index contributed by atoms with van der Waals surface area (Å²) in [6, 6.07) is 14.9. The van der Waals surface area contributed by atoms with Gasteiger partial charge in [-0.15, -0.1) is 0 Å². The van der Waals surface area contributed by atoms with Crippen molar-refractivity contribution in [1.29, 1.82) is 5.26 Å². The van der Waals surface area contributed by atoms with Crippen LogP contribution in [-0.4, -0.2) is 52.0 Å². The quantitative estimate of drug-likeness (QED) is 0.833. The Morgan fingerprint density at radius 1 is 1.18 bits per heavy atom. The number of benzene rings is 1. The Morgan fingerprint density at radius 3 is 2.39 bits per heavy atom. The molecule has 0 spiro atoms. The molecule has 1 aliphatic heterocycles. The van der Waals surface area contributed by atoms with Crippen LogP contribution in [-0.2, 0) is 16.8 Å². The van der Waals surface area contributed by atoms with Gasteiger partial charge < -0.3 is 5.11 Å². The number of nitrogens with zero attached hydrogens (tertiary/aromatic N) is 4. The first-order chi connectivity index (χ1) is 13.4. The zero-order chi connectivity index (χ0) is 20.1. The van der Waals surface area contributed by atoms with E-state index in [1.54, 1.807) is 6.20 Å². The lowest BCUT2D eigenvalue weighted by Gasteiger charge is -2.37. The van der Waals surface area contributed by atoms with Gasteiger partial charge in [0.15, 0.2) is 0 Å². The summed E-state index contributed by atoms with van der Waals surface area (Å²) in [7, 11) is 0. The van der Waals surface area contributed by atoms with E-state index in [0.29, 0.717) is 13.1 Å². The minimum absolute atomic E-state index is 0.589. The summed E-state index contributed by atoms with van der Waals surface area (Å²) in [4.78, 5) is 20.7. The molecule has 0 aliphatic carbocycles. The molecule has 6 heteroatoms. The van der Waals surface area contributed by atoms with Crippen molar-refractivity contribution in [1.82, 2.24) is 14.8 Å². The molecule has 6 nitrogen and oxygen atoms in total. The summed E-state index contributed by atoms with van der Waals surface area (Å²) >= 11 is 0. The summed E-state index contributed by atoms with van der Waals surface area (Å²) in [5, 5.41) is 19.1. The van der Waals surface area contributed by atoms with Crippen molar-refractivity contribution in [3.8, 4) is 6.07 Å². The molecule has 2 aromatic rings. The molecule has 1 aromatic carbocycles. The average molecular weight is 378 g/mol. The highest BCUT2D eigenvalue weighted by molar-refractivity contribution is 5.75. The summed E-state index contributed by atoms with van der Waals surface area (Å²) in [6.07, 6.45) is 1.79. The van der Waals surface area contributed by atoms with Crippen molar-refractivity contribution in [3.05, 3.63) is 65.5 Å². The number of carbonyl (C=O) groups is 1. The second-order valence-corrected chi connectivity index (χ2v) is 7.73. The summed E-state index contributed by atoms with van der Waals surface area (Å²) in [5.41, 5.74) is 2.08. The molecule has 1 aromatic heterocycles. The molecule has 1 fully saturated rings. The van der Waals surface area contributed by atoms with Gasteiger partial charge in [0.2, 0.25) is 0 Å². The summed E-state index contributed by atoms with van der Waals surface area (Å²) in [6.45, 7) is 7.49. The third-order valence-electron chi connectivity index (χ3n) is 5.35. The summed E-state index contributed by atoms with van der Waals surface area (Å²) in [5.74, 6) is -0.842. The van der Waals surface area contributed by atoms with Crippen LogP contribution < -0.4 is 0 Å². The molecule has 0 saturated carbocycles. The Hall–Kier alpha value is -2.75. The van der Waals surface area contributed by atoms with E-state index in [2.05, 4.69) is 16.0 Å². The molecule has 3 rings (SSSR count). The Bertz CT molecular complexity index is 835. The Labute approximate surface area is 166 Å². The second kappa shape index (κ2) is 8.51. The highest BCUT2D eigenvalue weighted by Crippen LogP contribution is 2.27. The number of nitriles is 1. The predicted molar refractivity (Wildman–Crippen MR) is 107 cm³/mol. The lowest BCUT2D eigenvalue weighted by molar-refractivity contribution is -0.144. The van der Waals surface area contributed by atoms with Crippen LogP contribution in [0.1, 0.15) is 36.7 Å². The van der Waals surface area contributed by atoms with Gasteiger partial charge in [0, 0.05) is 38.9 Å². The van der Waals surface area contributed by atoms with Gasteiger partial charge >= 0.3 is 5.97 Å². The van der Waals surface area contributed by atoms with Crippen LogP contribution in [0.25, 0.3) is 0 Å². The fraction of sp³-hybridized carbons (Fsp3) is 0.409. The van der Waals surface area contributed by atoms with Crippen molar-refractivity contribution < 1.29 is 9.90 Å². The van der Waals surface area contributed by atoms with Crippen molar-refractivity contribution >= 4 is 5.97 Å². The predicted octanol–water partition coefficient (Wildman–Crippen LogP) is 2.83. The second-order valence-electron chi connectivity index (χ2n) is 7.73. The Kier molecular flexibility index (Phi) is 6.08. The normalized spacial score (nSPS) is 17.0. The van der Waals surface area contributed by atoms with Crippen molar-refractivity contribution in [2.75, 3.05) is 26.2 Å². The van der Waals surface area contributed by atoms with Gasteiger partial charge in [-0.05, 0) is 37.1 Å². The Morgan fingerprint density at radius 2 is 1.86 bits per heavy atom. The fourth-order valence-corrected chi connectivity index (χ4v) is 3.56. The Balaban J connectivity index is 1.67. The third-order valence-corrected chi connectivity index (χ3v) is 5.35. The largest absolute Gasteiger partial charge is 0.480 e. The van der Waals surface area contributed by atoms with Gasteiger partial charge in [-0.25, -0.2) is 0 Å². The molecule has 1 saturated heterocycles. The minimum atomic E-state index is -0.842. The van der Waals surface area contributed by atoms with Gasteiger partial charge in [-0.2, -0.15) is 5.26 Å². The first-order valence-electron chi connectivity index (χ1n) is 9.51. The molecule has 0 bridgehead atoms. The number of aromatic nitrogens is 1. The molecular weight excluding hydrogens is 352 g/mol. The van der Waals surface area contributed by atoms with E-state index in [1.165, 1.54) is 0 Å². The van der Waals surface area contributed by atoms with Crippen LogP contribution in [0, 0.1) is 11.3 Å². The van der Waals surface area contributed by atoms with Gasteiger partial charge in [0.25, 0.3) is 0 Å². The standard InChI is InChI=1S/C22H26N4O2/c1-22(2,16-23)18-8-6-17(7-9-18)20(21(27)28)26-13-11-25(12-14-26)15-19-5-3-4-10-24-19/h3-10,20H,11-15H2,1-2H3,(H,27,28)/t20-/m0/s1. The van der Waals surface area contributed by atoms with Crippen LogP contribution in [0.5, 0.6) is 0 Å². The fourth-order valence-electron chi connectivity index (χ4n) is 3.56. The molecular formula is C22H26N4O2. The monoisotopic (exact) mass is 378 g/mol. The number of carboxylic acid groups (broad SMARTS) is 1. The van der Waals surface area contributed by atoms with E-state index >= 15 is 0 Å². The molecule has 0 unspecified atom stereocenters. The number of piperazine rings is 1. The first kappa shape index (κ1) is 20.0. The molecule has 146 valence electrons. The van der Waals surface area contributed by atoms with Crippen LogP contribution in [0.3, 0.4) is 0 Å². The number of carboxylic acids is 1. The van der Waals surface area contributed by atoms with Crippen LogP contribution in [0.2, 0.25) is 0 Å². The van der Waals surface area contributed by atoms with Crippen molar-refractivity contribution in [2.24, 2.45) is 0 Å². The SMILES string of the molecule is CC(C)(C#N)c1ccc([C@@H](C(=O)O)N2CCN(Cc3ccccn3)CC2)cc1. The molecule has 1 aliphatic rings. The molecule has 1 N–H and O–H groups in total. The van der Waals surface area contributed by atoms with Gasteiger partial charge in [0.05, 0.1) is 17.2 Å². The highest BCUT2D eigenvalue weighted by atomic mass is 16.4. The highest BCUT2D eigenvalue weighted by Gasteiger charge is 2.31. The van der Waals surface area contributed by atoms with Gasteiger partial charge in [-0.1, -0.05) is 30.3 Å². The van der Waals surface area contributed by atoms with E-state index in [-0.39, 0.29) is 0 Å². The molecule has 0 radical (unpaired) electrons. The topological polar surface area (TPSA) is 80.5 Å². The average Bonchev–Trinajstić information content (AvgIpc) is 2.70. The van der Waals surface area contributed by atoms with Crippen molar-refractivity contribution in [2.45, 2.75) is 31.8 Å². The molecule has 1 atom stereocenters. The van der Waals surface area contributed by atoms with Crippen LogP contribution >= 0.6 is 0 Å². The van der Waals surface area contributed by atoms with Gasteiger partial charge in [0.1, 0.15) is 6.04 Å². The minimum Gasteiger partial charge on any atom is -0.480 e. The maximum Gasteiger partial charge on any atom is 0.325 e. The number of pyridine rings is 1. The van der Waals surface area contributed by atoms with Gasteiger partial charge in [-0.3, -0.25) is 19.6 Å². The maximum atomic E-state index is 12.0.